The number of hydrogen-bond acceptors (Lipinski definition) is 4. The van der Waals surface area contributed by atoms with Gasteiger partial charge in [-0.1, -0.05) is 11.6 Å². The normalized spacial score (nSPS) is 23.6. The molecule has 0 aromatic carbocycles. The molecule has 0 spiro atoms. The molecule has 8 heteroatoms. The van der Waals surface area contributed by atoms with Crippen LogP contribution in [-0.4, -0.2) is 38.4 Å². The number of carbonyl (C=O) groups is 1. The Bertz CT molecular complexity index is 624. The summed E-state index contributed by atoms with van der Waals surface area (Å²) in [7, 11) is -3.51. The van der Waals surface area contributed by atoms with Crippen LogP contribution >= 0.6 is 22.9 Å². The third-order valence-electron chi connectivity index (χ3n) is 3.60. The van der Waals surface area contributed by atoms with Crippen molar-refractivity contribution in [1.29, 1.82) is 0 Å². The first-order valence-corrected chi connectivity index (χ1v) is 9.18. The maximum absolute atomic E-state index is 12.1. The summed E-state index contributed by atoms with van der Waals surface area (Å²) in [6, 6.07) is 3.46. The number of hydrogen-bond donors (Lipinski definition) is 1. The third kappa shape index (κ3) is 3.00. The van der Waals surface area contributed by atoms with Gasteiger partial charge in [-0.3, -0.25) is 4.79 Å². The number of rotatable bonds is 5. The highest BCUT2D eigenvalue weighted by Crippen LogP contribution is 2.32. The van der Waals surface area contributed by atoms with E-state index < -0.39 is 10.0 Å². The Morgan fingerprint density at radius 2 is 2.15 bits per heavy atom. The minimum Gasteiger partial charge on any atom is -0.339 e. The smallest absolute Gasteiger partial charge is 0.250 e. The summed E-state index contributed by atoms with van der Waals surface area (Å²) in [5.74, 6) is 0.212. The van der Waals surface area contributed by atoms with Crippen molar-refractivity contribution in [3.05, 3.63) is 16.5 Å². The summed E-state index contributed by atoms with van der Waals surface area (Å²) in [6.07, 6.45) is 2.60. The van der Waals surface area contributed by atoms with Gasteiger partial charge in [0.1, 0.15) is 4.21 Å². The Hall–Kier alpha value is -0.630. The monoisotopic (exact) mass is 334 g/mol. The fourth-order valence-corrected chi connectivity index (χ4v) is 5.07. The Morgan fingerprint density at radius 3 is 2.75 bits per heavy atom. The molecule has 20 heavy (non-hydrogen) atoms. The second-order valence-corrected chi connectivity index (χ2v) is 8.97. The van der Waals surface area contributed by atoms with Gasteiger partial charge in [0, 0.05) is 25.6 Å². The molecule has 5 nitrogen and oxygen atoms in total. The highest BCUT2D eigenvalue weighted by atomic mass is 35.5. The molecule has 1 saturated heterocycles. The minimum atomic E-state index is -3.51. The first-order valence-electron chi connectivity index (χ1n) is 6.50. The van der Waals surface area contributed by atoms with Crippen LogP contribution in [0.1, 0.15) is 19.3 Å². The van der Waals surface area contributed by atoms with Crippen LogP contribution in [0, 0.1) is 5.92 Å². The van der Waals surface area contributed by atoms with Gasteiger partial charge in [0.2, 0.25) is 15.9 Å². The molecule has 2 heterocycles. The SMILES string of the molecule is O=C1CC(CNS(=O)(=O)c2ccc(Cl)s2)CN1C1CC1. The molecule has 1 aromatic rings. The molecule has 1 atom stereocenters. The third-order valence-corrected chi connectivity index (χ3v) is 6.75. The average molecular weight is 335 g/mol. The summed E-state index contributed by atoms with van der Waals surface area (Å²) >= 11 is 6.78. The molecule has 0 radical (unpaired) electrons. The van der Waals surface area contributed by atoms with E-state index in [1.165, 1.54) is 6.07 Å². The van der Waals surface area contributed by atoms with Gasteiger partial charge in [-0.25, -0.2) is 13.1 Å². The summed E-state index contributed by atoms with van der Waals surface area (Å²) in [5.41, 5.74) is 0. The van der Waals surface area contributed by atoms with Crippen molar-refractivity contribution in [2.75, 3.05) is 13.1 Å². The number of thiophene rings is 1. The minimum absolute atomic E-state index is 0.0632. The Labute approximate surface area is 127 Å². The molecule has 1 aliphatic heterocycles. The number of halogens is 1. The van der Waals surface area contributed by atoms with E-state index in [0.29, 0.717) is 29.9 Å². The number of likely N-dealkylation sites (tertiary alicyclic amines) is 1. The lowest BCUT2D eigenvalue weighted by Gasteiger charge is -2.15. The first kappa shape index (κ1) is 14.3. The van der Waals surface area contributed by atoms with Gasteiger partial charge in [0.15, 0.2) is 0 Å². The van der Waals surface area contributed by atoms with Crippen molar-refractivity contribution in [1.82, 2.24) is 9.62 Å². The second kappa shape index (κ2) is 5.29. The molecule has 3 rings (SSSR count). The van der Waals surface area contributed by atoms with Crippen molar-refractivity contribution in [2.24, 2.45) is 5.92 Å². The van der Waals surface area contributed by atoms with Crippen LogP contribution in [0.3, 0.4) is 0 Å². The molecular weight excluding hydrogens is 320 g/mol. The summed E-state index contributed by atoms with van der Waals surface area (Å²) in [6.45, 7) is 0.962. The maximum Gasteiger partial charge on any atom is 0.250 e. The zero-order valence-electron chi connectivity index (χ0n) is 10.7. The highest BCUT2D eigenvalue weighted by molar-refractivity contribution is 7.91. The van der Waals surface area contributed by atoms with E-state index in [-0.39, 0.29) is 16.0 Å². The maximum atomic E-state index is 12.1. The summed E-state index contributed by atoms with van der Waals surface area (Å²) in [4.78, 5) is 13.7. The van der Waals surface area contributed by atoms with Crippen LogP contribution in [0.2, 0.25) is 4.34 Å². The topological polar surface area (TPSA) is 66.5 Å². The zero-order valence-corrected chi connectivity index (χ0v) is 13.1. The molecule has 2 aliphatic rings. The van der Waals surface area contributed by atoms with Crippen molar-refractivity contribution in [3.8, 4) is 0 Å². The molecule has 0 bridgehead atoms. The van der Waals surface area contributed by atoms with Gasteiger partial charge < -0.3 is 4.90 Å². The van der Waals surface area contributed by atoms with Crippen LogP contribution in [0.4, 0.5) is 0 Å². The van der Waals surface area contributed by atoms with Gasteiger partial charge in [0.05, 0.1) is 4.34 Å². The summed E-state index contributed by atoms with van der Waals surface area (Å²) in [5, 5.41) is 0. The van der Waals surface area contributed by atoms with E-state index in [9.17, 15) is 13.2 Å². The molecule has 1 unspecified atom stereocenters. The van der Waals surface area contributed by atoms with Crippen LogP contribution in [0.25, 0.3) is 0 Å². The van der Waals surface area contributed by atoms with Crippen molar-refractivity contribution in [3.63, 3.8) is 0 Å². The lowest BCUT2D eigenvalue weighted by atomic mass is 10.1. The molecule has 1 amide bonds. The largest absolute Gasteiger partial charge is 0.339 e. The van der Waals surface area contributed by atoms with Gasteiger partial charge in [-0.2, -0.15) is 0 Å². The first-order chi connectivity index (χ1) is 9.45. The van der Waals surface area contributed by atoms with Crippen LogP contribution in [0.5, 0.6) is 0 Å². The summed E-state index contributed by atoms with van der Waals surface area (Å²) < 4.78 is 27.3. The lowest BCUT2D eigenvalue weighted by molar-refractivity contribution is -0.128. The molecule has 110 valence electrons. The zero-order chi connectivity index (χ0) is 14.3. The van der Waals surface area contributed by atoms with E-state index in [4.69, 9.17) is 11.6 Å². The molecule has 1 aliphatic carbocycles. The van der Waals surface area contributed by atoms with Crippen molar-refractivity contribution >= 4 is 38.9 Å². The molecule has 2 fully saturated rings. The Balaban J connectivity index is 1.58. The fraction of sp³-hybridized carbons (Fsp3) is 0.583. The van der Waals surface area contributed by atoms with Gasteiger partial charge in [-0.15, -0.1) is 11.3 Å². The predicted molar refractivity (Wildman–Crippen MR) is 77.4 cm³/mol. The Kier molecular flexibility index (Phi) is 3.79. The van der Waals surface area contributed by atoms with Crippen molar-refractivity contribution < 1.29 is 13.2 Å². The number of nitrogens with one attached hydrogen (secondary N) is 1. The number of carbonyl (C=O) groups excluding carboxylic acids is 1. The van der Waals surface area contributed by atoms with Crippen molar-refractivity contribution in [2.45, 2.75) is 29.5 Å². The van der Waals surface area contributed by atoms with E-state index in [0.717, 1.165) is 24.2 Å². The second-order valence-electron chi connectivity index (χ2n) is 5.26. The number of amides is 1. The van der Waals surface area contributed by atoms with Gasteiger partial charge in [0.25, 0.3) is 0 Å². The fourth-order valence-electron chi connectivity index (χ4n) is 2.43. The van der Waals surface area contributed by atoms with E-state index in [1.54, 1.807) is 6.07 Å². The molecule has 1 saturated carbocycles. The quantitative estimate of drug-likeness (QED) is 0.891. The average Bonchev–Trinajstić information content (AvgIpc) is 3.02. The number of sulfonamides is 1. The number of nitrogens with zero attached hydrogens (tertiary/aromatic N) is 1. The Morgan fingerprint density at radius 1 is 1.40 bits per heavy atom. The predicted octanol–water partition coefficient (Wildman–Crippen LogP) is 1.69. The van der Waals surface area contributed by atoms with Gasteiger partial charge in [-0.05, 0) is 30.9 Å². The highest BCUT2D eigenvalue weighted by Gasteiger charge is 2.39. The molecular formula is C12H15ClN2O3S2. The van der Waals surface area contributed by atoms with Crippen LogP contribution in [0.15, 0.2) is 16.3 Å². The van der Waals surface area contributed by atoms with Gasteiger partial charge >= 0.3 is 0 Å². The van der Waals surface area contributed by atoms with E-state index in [2.05, 4.69) is 4.72 Å². The van der Waals surface area contributed by atoms with E-state index in [1.807, 2.05) is 4.90 Å². The molecule has 1 N–H and O–H groups in total. The van der Waals surface area contributed by atoms with Crippen LogP contribution < -0.4 is 4.72 Å². The lowest BCUT2D eigenvalue weighted by Crippen LogP contribution is -2.31. The standard InChI is InChI=1S/C12H15ClN2O3S2/c13-10-3-4-12(19-10)20(17,18)14-6-8-5-11(16)15(7-8)9-1-2-9/h3-4,8-9,14H,1-2,5-7H2. The van der Waals surface area contributed by atoms with E-state index >= 15 is 0 Å². The molecule has 1 aromatic heterocycles. The van der Waals surface area contributed by atoms with Crippen LogP contribution in [-0.2, 0) is 14.8 Å².